The van der Waals surface area contributed by atoms with Gasteiger partial charge >= 0.3 is 0 Å². The van der Waals surface area contributed by atoms with Gasteiger partial charge in [-0.05, 0) is 30.5 Å². The maximum absolute atomic E-state index is 12.7. The van der Waals surface area contributed by atoms with Gasteiger partial charge in [0.1, 0.15) is 0 Å². The van der Waals surface area contributed by atoms with Gasteiger partial charge in [-0.3, -0.25) is 4.79 Å². The minimum absolute atomic E-state index is 0.0950. The van der Waals surface area contributed by atoms with E-state index in [1.165, 1.54) is 11.8 Å². The molecule has 7 heteroatoms. The third-order valence-electron chi connectivity index (χ3n) is 3.64. The van der Waals surface area contributed by atoms with Crippen molar-refractivity contribution >= 4 is 29.3 Å². The van der Waals surface area contributed by atoms with Gasteiger partial charge in [-0.2, -0.15) is 4.98 Å². The molecule has 1 heterocycles. The molecule has 128 valence electrons. The van der Waals surface area contributed by atoms with Gasteiger partial charge in [0.25, 0.3) is 5.91 Å². The highest BCUT2D eigenvalue weighted by Gasteiger charge is 2.18. The molecule has 0 aliphatic heterocycles. The highest BCUT2D eigenvalue weighted by Crippen LogP contribution is 2.25. The smallest absolute Gasteiger partial charge is 0.255 e. The lowest BCUT2D eigenvalue weighted by molar-refractivity contribution is 0.0766. The van der Waals surface area contributed by atoms with Crippen LogP contribution in [0.5, 0.6) is 0 Å². The van der Waals surface area contributed by atoms with E-state index in [-0.39, 0.29) is 12.5 Å². The van der Waals surface area contributed by atoms with E-state index in [1.54, 1.807) is 18.0 Å². The molecule has 2 aromatic carbocycles. The van der Waals surface area contributed by atoms with E-state index in [2.05, 4.69) is 10.1 Å². The molecule has 0 spiro atoms. The van der Waals surface area contributed by atoms with Gasteiger partial charge in [0.05, 0.1) is 17.1 Å². The Labute approximate surface area is 155 Å². The maximum atomic E-state index is 12.7. The van der Waals surface area contributed by atoms with Crippen molar-refractivity contribution in [1.82, 2.24) is 15.0 Å². The first-order valence-corrected chi connectivity index (χ1v) is 9.16. The summed E-state index contributed by atoms with van der Waals surface area (Å²) in [7, 11) is 1.71. The largest absolute Gasteiger partial charge is 0.337 e. The van der Waals surface area contributed by atoms with Crippen molar-refractivity contribution in [3.8, 4) is 11.4 Å². The summed E-state index contributed by atoms with van der Waals surface area (Å²) in [5, 5.41) is 4.50. The van der Waals surface area contributed by atoms with Crippen LogP contribution >= 0.6 is 23.4 Å². The van der Waals surface area contributed by atoms with Crippen LogP contribution in [0.4, 0.5) is 0 Å². The van der Waals surface area contributed by atoms with Crippen molar-refractivity contribution in [2.45, 2.75) is 11.4 Å². The Morgan fingerprint density at radius 2 is 1.92 bits per heavy atom. The van der Waals surface area contributed by atoms with Crippen LogP contribution in [0.15, 0.2) is 57.9 Å². The predicted octanol–water partition coefficient (Wildman–Crippen LogP) is 4.38. The monoisotopic (exact) mass is 373 g/mol. The standard InChI is InChI=1S/C18H16ClN3O2S/c1-22(18(23)13-8-4-6-10-15(13)25-2)11-16-20-17(21-24-16)12-7-3-5-9-14(12)19/h3-10H,11H2,1-2H3. The highest BCUT2D eigenvalue weighted by atomic mass is 35.5. The van der Waals surface area contributed by atoms with Crippen molar-refractivity contribution in [2.75, 3.05) is 13.3 Å². The molecular weight excluding hydrogens is 358 g/mol. The molecule has 0 bridgehead atoms. The Balaban J connectivity index is 1.77. The first-order chi connectivity index (χ1) is 12.1. The molecule has 0 atom stereocenters. The van der Waals surface area contributed by atoms with E-state index in [9.17, 15) is 4.79 Å². The van der Waals surface area contributed by atoms with E-state index in [0.717, 1.165) is 4.90 Å². The second-order valence-corrected chi connectivity index (χ2v) is 6.61. The number of hydrogen-bond donors (Lipinski definition) is 0. The normalized spacial score (nSPS) is 10.7. The second-order valence-electron chi connectivity index (χ2n) is 5.35. The molecule has 0 saturated carbocycles. The minimum atomic E-state index is -0.0950. The quantitative estimate of drug-likeness (QED) is 0.621. The van der Waals surface area contributed by atoms with Crippen LogP contribution in [-0.4, -0.2) is 34.3 Å². The molecule has 0 N–H and O–H groups in total. The predicted molar refractivity (Wildman–Crippen MR) is 98.8 cm³/mol. The molecule has 1 amide bonds. The fraction of sp³-hybridized carbons (Fsp3) is 0.167. The molecule has 0 radical (unpaired) electrons. The van der Waals surface area contributed by atoms with Crippen LogP contribution in [0.25, 0.3) is 11.4 Å². The molecule has 0 fully saturated rings. The first kappa shape index (κ1) is 17.5. The lowest BCUT2D eigenvalue weighted by Gasteiger charge is -2.16. The number of rotatable bonds is 5. The summed E-state index contributed by atoms with van der Waals surface area (Å²) in [6.07, 6.45) is 1.94. The highest BCUT2D eigenvalue weighted by molar-refractivity contribution is 7.98. The third-order valence-corrected chi connectivity index (χ3v) is 4.76. The van der Waals surface area contributed by atoms with Gasteiger partial charge < -0.3 is 9.42 Å². The van der Waals surface area contributed by atoms with E-state index in [4.69, 9.17) is 16.1 Å². The van der Waals surface area contributed by atoms with Gasteiger partial charge in [0.2, 0.25) is 11.7 Å². The number of thioether (sulfide) groups is 1. The molecule has 0 saturated heterocycles. The van der Waals surface area contributed by atoms with Crippen LogP contribution in [0.2, 0.25) is 5.02 Å². The number of benzene rings is 2. The Kier molecular flexibility index (Phi) is 5.40. The summed E-state index contributed by atoms with van der Waals surface area (Å²) in [6, 6.07) is 14.8. The van der Waals surface area contributed by atoms with Gasteiger partial charge in [-0.1, -0.05) is 41.0 Å². The number of hydrogen-bond acceptors (Lipinski definition) is 5. The molecule has 5 nitrogen and oxygen atoms in total. The summed E-state index contributed by atoms with van der Waals surface area (Å²) >= 11 is 7.69. The Hall–Kier alpha value is -2.31. The van der Waals surface area contributed by atoms with E-state index < -0.39 is 0 Å². The topological polar surface area (TPSA) is 59.2 Å². The van der Waals surface area contributed by atoms with E-state index in [1.807, 2.05) is 48.7 Å². The van der Waals surface area contributed by atoms with Gasteiger partial charge in [-0.15, -0.1) is 11.8 Å². The molecule has 0 aliphatic rings. The van der Waals surface area contributed by atoms with Crippen molar-refractivity contribution < 1.29 is 9.32 Å². The number of nitrogens with zero attached hydrogens (tertiary/aromatic N) is 3. The molecule has 0 aliphatic carbocycles. The van der Waals surface area contributed by atoms with E-state index >= 15 is 0 Å². The molecule has 25 heavy (non-hydrogen) atoms. The zero-order valence-corrected chi connectivity index (χ0v) is 15.3. The lowest BCUT2D eigenvalue weighted by Crippen LogP contribution is -2.26. The van der Waals surface area contributed by atoms with E-state index in [0.29, 0.717) is 27.9 Å². The molecule has 3 aromatic rings. The van der Waals surface area contributed by atoms with Gasteiger partial charge in [-0.25, -0.2) is 0 Å². The molecule has 0 unspecified atom stereocenters. The Bertz CT molecular complexity index is 897. The van der Waals surface area contributed by atoms with Crippen LogP contribution in [-0.2, 0) is 6.54 Å². The molecule has 3 rings (SSSR count). The molecular formula is C18H16ClN3O2S. The van der Waals surface area contributed by atoms with Crippen LogP contribution < -0.4 is 0 Å². The fourth-order valence-electron chi connectivity index (χ4n) is 2.37. The summed E-state index contributed by atoms with van der Waals surface area (Å²) in [6.45, 7) is 0.221. The number of carbonyl (C=O) groups is 1. The summed E-state index contributed by atoms with van der Waals surface area (Å²) in [5.41, 5.74) is 1.35. The zero-order chi connectivity index (χ0) is 17.8. The van der Waals surface area contributed by atoms with Crippen LogP contribution in [0.3, 0.4) is 0 Å². The summed E-state index contributed by atoms with van der Waals surface area (Å²) in [4.78, 5) is 19.5. The first-order valence-electron chi connectivity index (χ1n) is 7.56. The number of halogens is 1. The fourth-order valence-corrected chi connectivity index (χ4v) is 3.18. The summed E-state index contributed by atoms with van der Waals surface area (Å²) < 4.78 is 5.27. The van der Waals surface area contributed by atoms with Crippen molar-refractivity contribution in [1.29, 1.82) is 0 Å². The van der Waals surface area contributed by atoms with Crippen molar-refractivity contribution in [3.05, 3.63) is 65.0 Å². The minimum Gasteiger partial charge on any atom is -0.337 e. The Morgan fingerprint density at radius 3 is 2.68 bits per heavy atom. The Morgan fingerprint density at radius 1 is 1.20 bits per heavy atom. The molecule has 1 aromatic heterocycles. The summed E-state index contributed by atoms with van der Waals surface area (Å²) in [5.74, 6) is 0.667. The van der Waals surface area contributed by atoms with Crippen molar-refractivity contribution in [3.63, 3.8) is 0 Å². The average Bonchev–Trinajstić information content (AvgIpc) is 3.09. The number of carbonyl (C=O) groups excluding carboxylic acids is 1. The van der Waals surface area contributed by atoms with Gasteiger partial charge in [0, 0.05) is 17.5 Å². The lowest BCUT2D eigenvalue weighted by atomic mass is 10.2. The third kappa shape index (κ3) is 3.86. The maximum Gasteiger partial charge on any atom is 0.255 e. The number of aromatic nitrogens is 2. The van der Waals surface area contributed by atoms with Crippen molar-refractivity contribution in [2.24, 2.45) is 0 Å². The van der Waals surface area contributed by atoms with Crippen LogP contribution in [0, 0.1) is 0 Å². The number of amides is 1. The van der Waals surface area contributed by atoms with Gasteiger partial charge in [0.15, 0.2) is 0 Å². The zero-order valence-electron chi connectivity index (χ0n) is 13.8. The SMILES string of the molecule is CSc1ccccc1C(=O)N(C)Cc1nc(-c2ccccc2Cl)no1. The van der Waals surface area contributed by atoms with Crippen LogP contribution in [0.1, 0.15) is 16.2 Å². The average molecular weight is 374 g/mol. The second kappa shape index (κ2) is 7.72.